The minimum atomic E-state index is -1.99. The number of ether oxygens (including phenoxy) is 6. The van der Waals surface area contributed by atoms with Crippen LogP contribution in [0.5, 0.6) is 0 Å². The van der Waals surface area contributed by atoms with Crippen molar-refractivity contribution in [3.63, 3.8) is 0 Å². The van der Waals surface area contributed by atoms with Gasteiger partial charge in [0.15, 0.2) is 11.9 Å². The monoisotopic (exact) mass is 858 g/mol. The van der Waals surface area contributed by atoms with Crippen LogP contribution in [0.1, 0.15) is 79.4 Å². The number of rotatable bonds is 20. The molecule has 1 saturated heterocycles. The minimum Gasteiger partial charge on any atom is -0.456 e. The zero-order chi connectivity index (χ0) is 45.3. The van der Waals surface area contributed by atoms with Gasteiger partial charge in [0.25, 0.3) is 11.5 Å². The first-order chi connectivity index (χ1) is 28.2. The molecule has 22 nitrogen and oxygen atoms in total. The number of hydrogen-bond donors (Lipinski definition) is 8. The molecule has 0 saturated carbocycles. The maximum Gasteiger partial charge on any atom is 0.331 e. The van der Waals surface area contributed by atoms with Gasteiger partial charge in [-0.05, 0) is 58.4 Å². The van der Waals surface area contributed by atoms with Crippen LogP contribution in [0.4, 0.5) is 0 Å². The average Bonchev–Trinajstić information content (AvgIpc) is 3.33. The summed E-state index contributed by atoms with van der Waals surface area (Å²) in [6, 6.07) is -0.117. The summed E-state index contributed by atoms with van der Waals surface area (Å²) in [5, 5.41) is 38.5. The summed E-state index contributed by atoms with van der Waals surface area (Å²) in [5.41, 5.74) is 2.79. The molecule has 3 heterocycles. The van der Waals surface area contributed by atoms with E-state index in [1.54, 1.807) is 21.0 Å². The summed E-state index contributed by atoms with van der Waals surface area (Å²) in [6.07, 6.45) is -9.15. The Labute approximate surface area is 347 Å². The van der Waals surface area contributed by atoms with Crippen LogP contribution in [0.2, 0.25) is 0 Å². The summed E-state index contributed by atoms with van der Waals surface area (Å²) in [5.74, 6) is -4.08. The molecule has 1 aromatic heterocycles. The molecule has 9 N–H and O–H groups in total. The lowest BCUT2D eigenvalue weighted by molar-refractivity contribution is -0.250. The quantitative estimate of drug-likeness (QED) is 0.0655. The normalized spacial score (nSPS) is 22.6. The van der Waals surface area contributed by atoms with E-state index in [1.807, 2.05) is 11.9 Å². The van der Waals surface area contributed by atoms with Crippen molar-refractivity contribution >= 4 is 29.6 Å². The van der Waals surface area contributed by atoms with Crippen molar-refractivity contribution in [1.29, 1.82) is 0 Å². The van der Waals surface area contributed by atoms with Gasteiger partial charge in [-0.15, -0.1) is 0 Å². The number of nitrogens with two attached hydrogens (primary N) is 1. The number of amides is 4. The summed E-state index contributed by atoms with van der Waals surface area (Å²) in [4.78, 5) is 90.8. The zero-order valence-electron chi connectivity index (χ0n) is 35.3. The van der Waals surface area contributed by atoms with Gasteiger partial charge in [-0.1, -0.05) is 13.8 Å². The van der Waals surface area contributed by atoms with E-state index in [9.17, 15) is 48.9 Å². The molecular formula is C38H62N6O16. The number of nitrogens with zero attached hydrogens (tertiary/aromatic N) is 1. The Morgan fingerprint density at radius 1 is 1.05 bits per heavy atom. The molecule has 0 bridgehead atoms. The molecule has 2 aliphatic heterocycles. The van der Waals surface area contributed by atoms with Gasteiger partial charge in [-0.3, -0.25) is 38.3 Å². The van der Waals surface area contributed by atoms with E-state index in [1.165, 1.54) is 6.42 Å². The molecule has 340 valence electrons. The number of aromatic amines is 1. The number of aliphatic hydroxyl groups excluding tert-OH is 3. The Kier molecular flexibility index (Phi) is 21.0. The number of hydrogen-bond acceptors (Lipinski definition) is 16. The minimum absolute atomic E-state index is 0.109. The molecule has 9 atom stereocenters. The first-order valence-electron chi connectivity index (χ1n) is 19.5. The molecule has 2 aliphatic rings. The molecule has 0 aromatic carbocycles. The standard InChI is InChI=1S/C32H48N6O15.C6H14O/c1-15-7-6-8-16(27(46)34-15)35-28(47)18-13-17(40)22(44)30(51-18)53-24(26(33)45)23(49-4)25(50-5)29(38-12-11-19(41)36-31(38)48)52-21(43)10-9-20(42)37-32(2,3)14-39;1-6(2)4-5-7-3/h11-13,15-17,22-25,29-30,39-40,44H,6-10,14H2,1-5H3,(H2,33,45)(H,34,46)(H,35,47)(H,37,42)(H,36,41,48);6H,4-5H2,1-3H3/t15-,16+,17+,22+,23?,24-,25-,29-,30-;/m1./s1. The van der Waals surface area contributed by atoms with E-state index in [-0.39, 0.29) is 12.6 Å². The lowest BCUT2D eigenvalue weighted by atomic mass is 10.0. The second-order valence-corrected chi connectivity index (χ2v) is 15.4. The zero-order valence-corrected chi connectivity index (χ0v) is 35.3. The second kappa shape index (κ2) is 24.5. The van der Waals surface area contributed by atoms with Crippen molar-refractivity contribution in [2.45, 2.75) is 134 Å². The molecule has 1 fully saturated rings. The van der Waals surface area contributed by atoms with Crippen molar-refractivity contribution in [2.75, 3.05) is 34.5 Å². The highest BCUT2D eigenvalue weighted by molar-refractivity contribution is 5.95. The number of esters is 1. The Hall–Kier alpha value is -4.71. The molecule has 0 spiro atoms. The van der Waals surface area contributed by atoms with Gasteiger partial charge < -0.3 is 65.4 Å². The predicted octanol–water partition coefficient (Wildman–Crippen LogP) is -2.04. The van der Waals surface area contributed by atoms with Gasteiger partial charge in [-0.25, -0.2) is 4.79 Å². The van der Waals surface area contributed by atoms with Gasteiger partial charge in [0.1, 0.15) is 30.5 Å². The SMILES string of the molecule is COC([C@@H](OC)[C@@H](OC(=O)CCC(=O)NC(C)(C)CO)n1ccc(=O)[nH]c1=O)[C@@H](O[C@H]1OC(C(=O)N[C@H]2CCC[C@@H](C)NC2=O)=C[C@H](O)[C@@H]1O)C(N)=O.COCCC(C)C. The van der Waals surface area contributed by atoms with Crippen LogP contribution < -0.4 is 32.9 Å². The van der Waals surface area contributed by atoms with Crippen LogP contribution in [-0.4, -0.2) is 143 Å². The third-order valence-corrected chi connectivity index (χ3v) is 9.27. The molecule has 0 aliphatic carbocycles. The number of primary amides is 1. The predicted molar refractivity (Wildman–Crippen MR) is 210 cm³/mol. The largest absolute Gasteiger partial charge is 0.456 e. The van der Waals surface area contributed by atoms with E-state index in [0.29, 0.717) is 19.3 Å². The average molecular weight is 859 g/mol. The highest BCUT2D eigenvalue weighted by Crippen LogP contribution is 2.28. The third kappa shape index (κ3) is 16.0. The highest BCUT2D eigenvalue weighted by Gasteiger charge is 2.46. The summed E-state index contributed by atoms with van der Waals surface area (Å²) >= 11 is 0. The fraction of sp³-hybridized carbons (Fsp3) is 0.711. The lowest BCUT2D eigenvalue weighted by Crippen LogP contribution is -2.57. The molecule has 22 heteroatoms. The van der Waals surface area contributed by atoms with Crippen molar-refractivity contribution in [2.24, 2.45) is 11.7 Å². The van der Waals surface area contributed by atoms with Crippen LogP contribution in [0.3, 0.4) is 0 Å². The Bertz CT molecular complexity index is 1730. The number of aromatic nitrogens is 2. The smallest absolute Gasteiger partial charge is 0.331 e. The van der Waals surface area contributed by atoms with Crippen LogP contribution >= 0.6 is 0 Å². The van der Waals surface area contributed by atoms with Gasteiger partial charge in [0, 0.05) is 52.7 Å². The lowest BCUT2D eigenvalue weighted by Gasteiger charge is -2.38. The summed E-state index contributed by atoms with van der Waals surface area (Å²) in [7, 11) is 3.90. The Morgan fingerprint density at radius 2 is 1.72 bits per heavy atom. The number of H-pyrrole nitrogens is 1. The van der Waals surface area contributed by atoms with Gasteiger partial charge >= 0.3 is 11.7 Å². The van der Waals surface area contributed by atoms with Crippen molar-refractivity contribution in [3.05, 3.63) is 44.9 Å². The maximum atomic E-state index is 13.1. The van der Waals surface area contributed by atoms with Crippen LogP contribution in [0, 0.1) is 5.92 Å². The number of methoxy groups -OCH3 is 3. The molecule has 0 radical (unpaired) electrons. The van der Waals surface area contributed by atoms with Gasteiger partial charge in [0.05, 0.1) is 18.6 Å². The van der Waals surface area contributed by atoms with Crippen molar-refractivity contribution in [3.8, 4) is 0 Å². The first kappa shape index (κ1) is 51.4. The number of aliphatic hydroxyl groups is 3. The molecule has 1 aromatic rings. The summed E-state index contributed by atoms with van der Waals surface area (Å²) in [6.45, 7) is 9.82. The Balaban J connectivity index is 0.00000162. The van der Waals surface area contributed by atoms with Crippen molar-refractivity contribution in [1.82, 2.24) is 25.5 Å². The molecule has 4 amide bonds. The summed E-state index contributed by atoms with van der Waals surface area (Å²) < 4.78 is 33.4. The van der Waals surface area contributed by atoms with Crippen LogP contribution in [-0.2, 0) is 52.4 Å². The first-order valence-corrected chi connectivity index (χ1v) is 19.5. The number of carbonyl (C=O) groups excluding carboxylic acids is 5. The molecule has 60 heavy (non-hydrogen) atoms. The molecule has 1 unspecified atom stereocenters. The topological polar surface area (TPSA) is 318 Å². The van der Waals surface area contributed by atoms with Crippen LogP contribution in [0.25, 0.3) is 0 Å². The molecular weight excluding hydrogens is 796 g/mol. The van der Waals surface area contributed by atoms with E-state index in [0.717, 1.165) is 49.7 Å². The van der Waals surface area contributed by atoms with Gasteiger partial charge in [0.2, 0.25) is 30.2 Å². The third-order valence-electron chi connectivity index (χ3n) is 9.27. The van der Waals surface area contributed by atoms with Gasteiger partial charge in [-0.2, -0.15) is 0 Å². The van der Waals surface area contributed by atoms with E-state index in [4.69, 9.17) is 34.2 Å². The van der Waals surface area contributed by atoms with Crippen LogP contribution in [0.15, 0.2) is 33.7 Å². The van der Waals surface area contributed by atoms with Crippen molar-refractivity contribution < 1.29 is 67.7 Å². The highest BCUT2D eigenvalue weighted by atomic mass is 16.7. The van der Waals surface area contributed by atoms with E-state index < -0.39 is 114 Å². The number of carbonyl (C=O) groups is 5. The second-order valence-electron chi connectivity index (χ2n) is 15.4. The molecule has 3 rings (SSSR count). The van der Waals surface area contributed by atoms with E-state index in [2.05, 4.69) is 29.8 Å². The Morgan fingerprint density at radius 3 is 2.27 bits per heavy atom. The fourth-order valence-corrected chi connectivity index (χ4v) is 5.87. The number of nitrogens with one attached hydrogen (secondary N) is 4. The van der Waals surface area contributed by atoms with E-state index >= 15 is 0 Å². The fourth-order valence-electron chi connectivity index (χ4n) is 5.87. The maximum absolute atomic E-state index is 13.1.